The number of nitrogens with one attached hydrogen (secondary N) is 8. The highest BCUT2D eigenvalue weighted by atomic mass is 19.1. The van der Waals surface area contributed by atoms with Gasteiger partial charge in [-0.3, -0.25) is 15.0 Å². The van der Waals surface area contributed by atoms with E-state index in [1.165, 1.54) is 55.9 Å². The molecular formula is C87H67F4N29. The smallest absolute Gasteiger partial charge is 0.182 e. The molecule has 0 saturated heterocycles. The molecule has 8 N–H and O–H groups in total. The number of H-pyrrole nitrogens is 4. The average Bonchev–Trinajstić information content (AvgIpc) is 1.28. The Balaban J connectivity index is 0.000000114. The zero-order valence-electron chi connectivity index (χ0n) is 64.6. The number of imidazole rings is 4. The lowest BCUT2D eigenvalue weighted by molar-refractivity contribution is 0.584. The Labute approximate surface area is 678 Å². The monoisotopic (exact) mass is 1590 g/mol. The SMILES string of the molecule is C[C@H](Nc1ncnc2nc[nH]c12)c1cc2cccc(C#N)c2nc1-c1ccccn1.C[C@H](Nc1ncnc2nc[nH]c12)c1cc2cccc(F)c2nc1-c1cc(F)cc(F)c1.Cc1cc(F)c2cc([C@H](C)Nc3ncnc4nc[nH]c34)c(-c3ccccn3)nc2c1.Cc1ccc2nc([C@H](C)Nc3ncnc4nc[nH]c34)c(-c3ccccn3)nc2c1. The summed E-state index contributed by atoms with van der Waals surface area (Å²) in [4.78, 5) is 100. The van der Waals surface area contributed by atoms with Crippen molar-refractivity contribution in [1.29, 1.82) is 5.26 Å². The van der Waals surface area contributed by atoms with Gasteiger partial charge in [0, 0.05) is 63.1 Å². The molecule has 0 aliphatic rings. The van der Waals surface area contributed by atoms with Gasteiger partial charge in [0.05, 0.1) is 117 Å². The van der Waals surface area contributed by atoms with Crippen LogP contribution in [0.2, 0.25) is 0 Å². The Kier molecular flexibility index (Phi) is 21.2. The van der Waals surface area contributed by atoms with Crippen LogP contribution >= 0.6 is 0 Å². The molecule has 0 aliphatic carbocycles. The average molecular weight is 1590 g/mol. The maximum atomic E-state index is 14.7. The van der Waals surface area contributed by atoms with Gasteiger partial charge in [0.25, 0.3) is 0 Å². The Morgan fingerprint density at radius 1 is 0.350 bits per heavy atom. The van der Waals surface area contributed by atoms with Crippen molar-refractivity contribution in [3.05, 3.63) is 289 Å². The first kappa shape index (κ1) is 76.4. The van der Waals surface area contributed by atoms with E-state index in [0.29, 0.717) is 95.5 Å². The number of hydrogen-bond donors (Lipinski definition) is 8. The summed E-state index contributed by atoms with van der Waals surface area (Å²) in [5.41, 5.74) is 18.7. The van der Waals surface area contributed by atoms with Gasteiger partial charge in [0.2, 0.25) is 0 Å². The molecule has 0 aliphatic heterocycles. The zero-order chi connectivity index (χ0) is 82.5. The molecule has 5 aromatic carbocycles. The number of pyridine rings is 6. The van der Waals surface area contributed by atoms with Crippen LogP contribution in [0.5, 0.6) is 0 Å². The number of nitriles is 1. The molecule has 0 amide bonds. The lowest BCUT2D eigenvalue weighted by Gasteiger charge is -2.19. The maximum Gasteiger partial charge on any atom is 0.182 e. The number of aromatic nitrogens is 24. The predicted molar refractivity (Wildman–Crippen MR) is 449 cm³/mol. The fraction of sp³-hybridized carbons (Fsp3) is 0.115. The molecule has 29 nitrogen and oxygen atoms in total. The molecule has 0 radical (unpaired) electrons. The summed E-state index contributed by atoms with van der Waals surface area (Å²) in [6, 6.07) is 46.9. The summed E-state index contributed by atoms with van der Waals surface area (Å²) >= 11 is 0. The van der Waals surface area contributed by atoms with Crippen molar-refractivity contribution >= 4 is 112 Å². The number of nitrogens with zero attached hydrogens (tertiary/aromatic N) is 21. The number of halogens is 4. The second-order valence-corrected chi connectivity index (χ2v) is 27.9. The van der Waals surface area contributed by atoms with Crippen LogP contribution in [0, 0.1) is 48.4 Å². The van der Waals surface area contributed by atoms with Crippen LogP contribution in [0.25, 0.3) is 134 Å². The maximum absolute atomic E-state index is 14.7. The van der Waals surface area contributed by atoms with Gasteiger partial charge in [-0.05, 0) is 156 Å². The Hall–Kier alpha value is -16.3. The minimum absolute atomic E-state index is 0.121. The molecule has 4 atom stereocenters. The summed E-state index contributed by atoms with van der Waals surface area (Å²) in [6.07, 6.45) is 17.3. The van der Waals surface area contributed by atoms with Crippen LogP contribution in [0.15, 0.2) is 227 Å². The van der Waals surface area contributed by atoms with Crippen molar-refractivity contribution in [3.8, 4) is 51.5 Å². The fourth-order valence-electron chi connectivity index (χ4n) is 14.0. The van der Waals surface area contributed by atoms with Gasteiger partial charge in [0.15, 0.2) is 45.9 Å². The summed E-state index contributed by atoms with van der Waals surface area (Å²) in [6.45, 7) is 11.8. The number of rotatable bonds is 16. The van der Waals surface area contributed by atoms with Gasteiger partial charge in [-0.1, -0.05) is 48.5 Å². The van der Waals surface area contributed by atoms with Crippen LogP contribution in [0.1, 0.15) is 90.9 Å². The van der Waals surface area contributed by atoms with E-state index in [2.05, 4.69) is 133 Å². The molecular weight excluding hydrogens is 1530 g/mol. The highest BCUT2D eigenvalue weighted by Crippen LogP contribution is 2.38. The topological polar surface area (TPSA) is 393 Å². The van der Waals surface area contributed by atoms with Gasteiger partial charge in [0.1, 0.15) is 87.9 Å². The molecule has 15 heterocycles. The molecule has 20 aromatic rings. The second-order valence-electron chi connectivity index (χ2n) is 27.9. The van der Waals surface area contributed by atoms with Crippen LogP contribution < -0.4 is 21.3 Å². The minimum atomic E-state index is -0.744. The second kappa shape index (κ2) is 33.3. The molecule has 33 heteroatoms. The summed E-state index contributed by atoms with van der Waals surface area (Å²) < 4.78 is 57.0. The number of anilines is 4. The van der Waals surface area contributed by atoms with E-state index in [1.807, 2.05) is 139 Å². The number of aryl methyl sites for hydroxylation is 2. The fourth-order valence-corrected chi connectivity index (χ4v) is 14.0. The molecule has 0 bridgehead atoms. The number of aromatic amines is 4. The van der Waals surface area contributed by atoms with E-state index in [9.17, 15) is 22.8 Å². The van der Waals surface area contributed by atoms with E-state index in [1.54, 1.807) is 61.8 Å². The van der Waals surface area contributed by atoms with Crippen LogP contribution in [-0.2, 0) is 0 Å². The molecule has 0 saturated carbocycles. The predicted octanol–water partition coefficient (Wildman–Crippen LogP) is 17.6. The van der Waals surface area contributed by atoms with Crippen molar-refractivity contribution in [2.24, 2.45) is 0 Å². The zero-order valence-corrected chi connectivity index (χ0v) is 64.6. The quantitative estimate of drug-likeness (QED) is 0.0417. The number of benzene rings is 5. The third-order valence-corrected chi connectivity index (χ3v) is 19.7. The Morgan fingerprint density at radius 2 is 0.792 bits per heavy atom. The third-order valence-electron chi connectivity index (χ3n) is 19.7. The van der Waals surface area contributed by atoms with Gasteiger partial charge in [-0.15, -0.1) is 0 Å². The molecule has 0 spiro atoms. The van der Waals surface area contributed by atoms with Gasteiger partial charge < -0.3 is 41.2 Å². The van der Waals surface area contributed by atoms with Crippen molar-refractivity contribution < 1.29 is 17.6 Å². The normalized spacial score (nSPS) is 12.3. The van der Waals surface area contributed by atoms with Crippen LogP contribution in [0.3, 0.4) is 0 Å². The van der Waals surface area contributed by atoms with E-state index in [0.717, 1.165) is 89.9 Å². The third kappa shape index (κ3) is 15.9. The molecule has 20 rings (SSSR count). The van der Waals surface area contributed by atoms with E-state index < -0.39 is 23.5 Å². The van der Waals surface area contributed by atoms with Gasteiger partial charge in [-0.2, -0.15) is 5.26 Å². The first-order valence-corrected chi connectivity index (χ1v) is 37.7. The highest BCUT2D eigenvalue weighted by molar-refractivity contribution is 5.91. The number of para-hydroxylation sites is 2. The largest absolute Gasteiger partial charge is 0.362 e. The standard InChI is InChI=1S/C22H15F3N6.C22H18FN7.C22H16N8.C21H18N8/c1-11(30-22-20-21(27-9-26-20)28-10-29-22)16-7-12-3-2-4-17(25)19(12)31-18(16)13-5-14(23)8-15(24)6-13;1-12-7-16(23)15-9-14(19(30-18(15)8-12)17-5-3-4-6-24-17)13(2)29-22-20-21(26-10-25-20)27-11-28-22;1-13(29-22-20-21(26-11-25-20)27-12-28-22)16-9-14-5-4-6-15(10-23)18(14)30-19(16)17-7-2-3-8-24-17;1-12-6-7-14-16(9-12)29-18(15-5-3-4-8-22-15)17(28-14)13(2)27-21-19-20(24-10-23-19)25-11-26-21/h2-11H,1H3,(H2,26,27,28,29,30);3-11,13H,1-2H3,(H2,25,26,27,28,29);2-9,11-13H,1H3,(H2,25,26,27,28,29);3-11,13H,1-2H3,(H2,23,24,25,26,27)/t11-;3*13-/m0000/s1. The van der Waals surface area contributed by atoms with Crippen LogP contribution in [-0.4, -0.2) is 120 Å². The highest BCUT2D eigenvalue weighted by Gasteiger charge is 2.26. The van der Waals surface area contributed by atoms with Crippen molar-refractivity contribution in [1.82, 2.24) is 120 Å². The summed E-state index contributed by atoms with van der Waals surface area (Å²) in [7, 11) is 0. The molecule has 0 fully saturated rings. The Bertz CT molecular complexity index is 7210. The van der Waals surface area contributed by atoms with Crippen molar-refractivity contribution in [2.75, 3.05) is 21.3 Å². The first-order chi connectivity index (χ1) is 58.5. The molecule has 15 aromatic heterocycles. The van der Waals surface area contributed by atoms with E-state index in [-0.39, 0.29) is 40.7 Å². The summed E-state index contributed by atoms with van der Waals surface area (Å²) in [5, 5.41) is 24.9. The summed E-state index contributed by atoms with van der Waals surface area (Å²) in [5.74, 6) is 0.140. The number of fused-ring (bicyclic) bond motifs is 8. The first-order valence-electron chi connectivity index (χ1n) is 37.7. The van der Waals surface area contributed by atoms with Gasteiger partial charge in [-0.25, -0.2) is 102 Å². The van der Waals surface area contributed by atoms with Crippen molar-refractivity contribution in [2.45, 2.75) is 65.7 Å². The van der Waals surface area contributed by atoms with Gasteiger partial charge >= 0.3 is 0 Å². The minimum Gasteiger partial charge on any atom is -0.362 e. The molecule has 0 unspecified atom stereocenters. The van der Waals surface area contributed by atoms with E-state index in [4.69, 9.17) is 19.9 Å². The number of hydrogen-bond acceptors (Lipinski definition) is 25. The lowest BCUT2D eigenvalue weighted by Crippen LogP contribution is -2.13. The van der Waals surface area contributed by atoms with E-state index >= 15 is 0 Å². The van der Waals surface area contributed by atoms with Crippen LogP contribution in [0.4, 0.5) is 40.8 Å². The lowest BCUT2D eigenvalue weighted by atomic mass is 9.98. The molecule has 588 valence electrons. The Morgan fingerprint density at radius 3 is 1.29 bits per heavy atom. The molecule has 120 heavy (non-hydrogen) atoms. The van der Waals surface area contributed by atoms with Crippen molar-refractivity contribution in [3.63, 3.8) is 0 Å².